The first kappa shape index (κ1) is 16.4. The molecule has 3 heterocycles. The van der Waals surface area contributed by atoms with E-state index in [-0.39, 0.29) is 5.41 Å². The van der Waals surface area contributed by atoms with Gasteiger partial charge in [-0.3, -0.25) is 9.59 Å². The Balaban J connectivity index is 1.52. The number of nitrogens with zero attached hydrogens (tertiary/aromatic N) is 3. The quantitative estimate of drug-likeness (QED) is 0.905. The summed E-state index contributed by atoms with van der Waals surface area (Å²) in [7, 11) is 0. The Morgan fingerprint density at radius 2 is 2.12 bits per heavy atom. The zero-order valence-corrected chi connectivity index (χ0v) is 14.6. The average molecular weight is 342 g/mol. The third kappa shape index (κ3) is 2.87. The molecule has 1 unspecified atom stereocenters. The van der Waals surface area contributed by atoms with Crippen LogP contribution in [0.15, 0.2) is 18.3 Å². The lowest BCUT2D eigenvalue weighted by Crippen LogP contribution is -2.51. The van der Waals surface area contributed by atoms with Gasteiger partial charge in [-0.1, -0.05) is 6.42 Å². The van der Waals surface area contributed by atoms with Crippen LogP contribution in [0.25, 0.3) is 0 Å². The summed E-state index contributed by atoms with van der Waals surface area (Å²) in [4.78, 5) is 33.5. The molecule has 2 aliphatic heterocycles. The predicted molar refractivity (Wildman–Crippen MR) is 95.2 cm³/mol. The zero-order valence-electron chi connectivity index (χ0n) is 14.6. The van der Waals surface area contributed by atoms with E-state index in [4.69, 9.17) is 5.73 Å². The van der Waals surface area contributed by atoms with E-state index in [1.807, 2.05) is 0 Å². The second-order valence-electron chi connectivity index (χ2n) is 7.84. The number of aromatic nitrogens is 1. The predicted octanol–water partition coefficient (Wildman–Crippen LogP) is 1.80. The number of pyridine rings is 1. The first-order valence-corrected chi connectivity index (χ1v) is 9.38. The summed E-state index contributed by atoms with van der Waals surface area (Å²) in [6.45, 7) is 3.22. The first-order valence-electron chi connectivity index (χ1n) is 9.38. The maximum absolute atomic E-state index is 13.2. The van der Waals surface area contributed by atoms with Gasteiger partial charge in [0, 0.05) is 32.4 Å². The molecule has 2 N–H and O–H groups in total. The molecular weight excluding hydrogens is 316 g/mol. The van der Waals surface area contributed by atoms with Gasteiger partial charge in [0.1, 0.15) is 5.82 Å². The maximum Gasteiger partial charge on any atom is 0.252 e. The third-order valence-corrected chi connectivity index (χ3v) is 6.23. The smallest absolute Gasteiger partial charge is 0.252 e. The van der Waals surface area contributed by atoms with Gasteiger partial charge in [-0.15, -0.1) is 0 Å². The van der Waals surface area contributed by atoms with Gasteiger partial charge < -0.3 is 15.5 Å². The van der Waals surface area contributed by atoms with Gasteiger partial charge in [0.2, 0.25) is 5.91 Å². The molecule has 1 aliphatic carbocycles. The van der Waals surface area contributed by atoms with Crippen molar-refractivity contribution in [2.24, 2.45) is 17.1 Å². The highest BCUT2D eigenvalue weighted by Gasteiger charge is 2.49. The summed E-state index contributed by atoms with van der Waals surface area (Å²) in [5, 5.41) is 0. The van der Waals surface area contributed by atoms with E-state index >= 15 is 0 Å². The number of carbonyl (C=O) groups excluding carboxylic acids is 2. The van der Waals surface area contributed by atoms with Gasteiger partial charge in [-0.25, -0.2) is 4.98 Å². The van der Waals surface area contributed by atoms with Gasteiger partial charge in [-0.2, -0.15) is 0 Å². The highest BCUT2D eigenvalue weighted by Crippen LogP contribution is 2.42. The minimum absolute atomic E-state index is 0.310. The molecule has 1 saturated carbocycles. The van der Waals surface area contributed by atoms with Crippen LogP contribution in [0.4, 0.5) is 5.82 Å². The number of primary amides is 1. The van der Waals surface area contributed by atoms with Crippen molar-refractivity contribution >= 4 is 17.6 Å². The monoisotopic (exact) mass is 342 g/mol. The second kappa shape index (κ2) is 6.32. The van der Waals surface area contributed by atoms with Crippen LogP contribution in [0.1, 0.15) is 48.9 Å². The number of rotatable bonds is 4. The van der Waals surface area contributed by atoms with Crippen molar-refractivity contribution in [2.45, 2.75) is 38.5 Å². The van der Waals surface area contributed by atoms with Gasteiger partial charge >= 0.3 is 0 Å². The summed E-state index contributed by atoms with van der Waals surface area (Å²) in [6.07, 6.45) is 8.35. The zero-order chi connectivity index (χ0) is 17.4. The van der Waals surface area contributed by atoms with Crippen LogP contribution in [-0.2, 0) is 4.79 Å². The number of hydrogen-bond donors (Lipinski definition) is 1. The summed E-state index contributed by atoms with van der Waals surface area (Å²) < 4.78 is 0. The lowest BCUT2D eigenvalue weighted by atomic mass is 9.77. The van der Waals surface area contributed by atoms with E-state index < -0.39 is 5.91 Å². The molecule has 1 atom stereocenters. The van der Waals surface area contributed by atoms with Crippen LogP contribution in [0.2, 0.25) is 0 Å². The molecule has 0 radical (unpaired) electrons. The molecule has 1 aromatic rings. The number of amides is 2. The number of anilines is 1. The molecule has 0 aromatic carbocycles. The molecule has 2 amide bonds. The number of carbonyl (C=O) groups is 2. The van der Waals surface area contributed by atoms with E-state index in [2.05, 4.69) is 14.8 Å². The fraction of sp³-hybridized carbons (Fsp3) is 0.632. The highest BCUT2D eigenvalue weighted by molar-refractivity contribution is 5.98. The standard InChI is InChI=1S/C19H26N4O2/c20-16(24)15-6-2-9-21-17(15)23-11-8-19(13-23)7-3-10-22(18(19)25)12-14-4-1-5-14/h2,6,9,14H,1,3-5,7-8,10-13H2,(H2,20,24). The fourth-order valence-corrected chi connectivity index (χ4v) is 4.59. The van der Waals surface area contributed by atoms with Gasteiger partial charge in [0.05, 0.1) is 11.0 Å². The Hall–Kier alpha value is -2.11. The van der Waals surface area contributed by atoms with Crippen LogP contribution in [0.3, 0.4) is 0 Å². The van der Waals surface area contributed by atoms with Crippen LogP contribution < -0.4 is 10.6 Å². The molecule has 3 aliphatic rings. The van der Waals surface area contributed by atoms with Crippen LogP contribution in [0.5, 0.6) is 0 Å². The van der Waals surface area contributed by atoms with E-state index in [1.54, 1.807) is 18.3 Å². The van der Waals surface area contributed by atoms with E-state index in [1.165, 1.54) is 19.3 Å². The molecule has 134 valence electrons. The molecule has 0 bridgehead atoms. The number of likely N-dealkylation sites (tertiary alicyclic amines) is 1. The Morgan fingerprint density at radius 3 is 2.84 bits per heavy atom. The Kier molecular flexibility index (Phi) is 4.13. The van der Waals surface area contributed by atoms with Gasteiger partial charge in [0.15, 0.2) is 0 Å². The summed E-state index contributed by atoms with van der Waals surface area (Å²) in [5.74, 6) is 1.17. The van der Waals surface area contributed by atoms with Crippen LogP contribution in [-0.4, -0.2) is 47.9 Å². The van der Waals surface area contributed by atoms with E-state index in [0.29, 0.717) is 29.8 Å². The number of piperidine rings is 1. The van der Waals surface area contributed by atoms with Crippen molar-refractivity contribution in [1.29, 1.82) is 0 Å². The number of nitrogens with two attached hydrogens (primary N) is 1. The average Bonchev–Trinajstić information content (AvgIpc) is 3.00. The Bertz CT molecular complexity index is 688. The molecule has 6 nitrogen and oxygen atoms in total. The van der Waals surface area contributed by atoms with Crippen molar-refractivity contribution in [3.8, 4) is 0 Å². The molecule has 1 spiro atoms. The highest BCUT2D eigenvalue weighted by atomic mass is 16.2. The molecule has 2 saturated heterocycles. The maximum atomic E-state index is 13.2. The van der Waals surface area contributed by atoms with E-state index in [0.717, 1.165) is 38.9 Å². The lowest BCUT2D eigenvalue weighted by molar-refractivity contribution is -0.146. The van der Waals surface area contributed by atoms with Gasteiger partial charge in [0.25, 0.3) is 5.91 Å². The summed E-state index contributed by atoms with van der Waals surface area (Å²) in [6, 6.07) is 3.43. The van der Waals surface area contributed by atoms with Crippen molar-refractivity contribution in [1.82, 2.24) is 9.88 Å². The second-order valence-corrected chi connectivity index (χ2v) is 7.84. The van der Waals surface area contributed by atoms with Crippen LogP contribution >= 0.6 is 0 Å². The normalized spacial score (nSPS) is 27.0. The van der Waals surface area contributed by atoms with E-state index in [9.17, 15) is 9.59 Å². The Labute approximate surface area is 148 Å². The van der Waals surface area contributed by atoms with Gasteiger partial charge in [-0.05, 0) is 50.2 Å². The SMILES string of the molecule is NC(=O)c1cccnc1N1CCC2(CCCN(CC3CCC3)C2=O)C1. The third-order valence-electron chi connectivity index (χ3n) is 6.23. The van der Waals surface area contributed by atoms with Crippen LogP contribution in [0, 0.1) is 11.3 Å². The largest absolute Gasteiger partial charge is 0.365 e. The molecule has 4 rings (SSSR count). The Morgan fingerprint density at radius 1 is 1.28 bits per heavy atom. The first-order chi connectivity index (χ1) is 12.1. The van der Waals surface area contributed by atoms with Crippen molar-refractivity contribution in [3.05, 3.63) is 23.9 Å². The molecule has 6 heteroatoms. The van der Waals surface area contributed by atoms with Crippen molar-refractivity contribution in [3.63, 3.8) is 0 Å². The molecule has 25 heavy (non-hydrogen) atoms. The minimum Gasteiger partial charge on any atom is -0.365 e. The molecule has 1 aromatic heterocycles. The topological polar surface area (TPSA) is 79.5 Å². The fourth-order valence-electron chi connectivity index (χ4n) is 4.59. The molecule has 3 fully saturated rings. The minimum atomic E-state index is -0.467. The number of hydrogen-bond acceptors (Lipinski definition) is 4. The summed E-state index contributed by atoms with van der Waals surface area (Å²) in [5.41, 5.74) is 5.63. The van der Waals surface area contributed by atoms with Crippen molar-refractivity contribution in [2.75, 3.05) is 31.1 Å². The lowest BCUT2D eigenvalue weighted by Gasteiger charge is -2.42. The van der Waals surface area contributed by atoms with Crippen molar-refractivity contribution < 1.29 is 9.59 Å². The summed E-state index contributed by atoms with van der Waals surface area (Å²) >= 11 is 0. The molecular formula is C19H26N4O2.